The predicted octanol–water partition coefficient (Wildman–Crippen LogP) is 3.77. The van der Waals surface area contributed by atoms with Gasteiger partial charge in [0.1, 0.15) is 5.82 Å². The number of nitrogens with one attached hydrogen (secondary N) is 2. The van der Waals surface area contributed by atoms with Crippen LogP contribution in [0.15, 0.2) is 23.2 Å². The molecule has 3 nitrogen and oxygen atoms in total. The van der Waals surface area contributed by atoms with E-state index in [2.05, 4.69) is 29.5 Å². The van der Waals surface area contributed by atoms with Gasteiger partial charge < -0.3 is 10.6 Å². The molecule has 2 atom stereocenters. The molecule has 0 aromatic heterocycles. The number of nitrogens with zero attached hydrogens (tertiary/aromatic N) is 1. The predicted molar refractivity (Wildman–Crippen MR) is 97.3 cm³/mol. The van der Waals surface area contributed by atoms with Crippen LogP contribution in [0, 0.1) is 11.7 Å². The summed E-state index contributed by atoms with van der Waals surface area (Å²) >= 11 is 6.09. The molecule has 0 heterocycles. The van der Waals surface area contributed by atoms with Crippen LogP contribution in [-0.2, 0) is 0 Å². The molecule has 0 amide bonds. The third-order valence-corrected chi connectivity index (χ3v) is 3.71. The topological polar surface area (TPSA) is 36.4 Å². The zero-order valence-corrected chi connectivity index (χ0v) is 15.6. The fourth-order valence-electron chi connectivity index (χ4n) is 2.21. The number of benzene rings is 1. The maximum absolute atomic E-state index is 13.8. The van der Waals surface area contributed by atoms with E-state index >= 15 is 0 Å². The van der Waals surface area contributed by atoms with Crippen molar-refractivity contribution in [2.45, 2.75) is 32.2 Å². The van der Waals surface area contributed by atoms with Gasteiger partial charge in [0.05, 0.1) is 0 Å². The fraction of sp³-hybridized carbons (Fsp3) is 0.533. The first-order valence-corrected chi connectivity index (χ1v) is 7.31. The summed E-state index contributed by atoms with van der Waals surface area (Å²) in [6.45, 7) is 5.14. The van der Waals surface area contributed by atoms with Crippen LogP contribution in [0.3, 0.4) is 0 Å². The molecule has 21 heavy (non-hydrogen) atoms. The van der Waals surface area contributed by atoms with Crippen molar-refractivity contribution in [1.82, 2.24) is 10.6 Å². The standard InChI is InChI=1S/C15H21ClFN3.HI/c1-9(2)8-19-15(18-3)20-13-7-10(13)14-11(16)5-4-6-12(14)17;/h4-6,9-10,13H,7-8H2,1-3H3,(H2,18,19,20);1H. The number of hydrogen-bond donors (Lipinski definition) is 2. The Labute approximate surface area is 147 Å². The number of hydrogen-bond acceptors (Lipinski definition) is 1. The van der Waals surface area contributed by atoms with E-state index in [-0.39, 0.29) is 41.8 Å². The Morgan fingerprint density at radius 1 is 1.48 bits per heavy atom. The zero-order valence-electron chi connectivity index (χ0n) is 12.5. The van der Waals surface area contributed by atoms with Crippen LogP contribution in [-0.4, -0.2) is 25.6 Å². The lowest BCUT2D eigenvalue weighted by Gasteiger charge is -2.13. The van der Waals surface area contributed by atoms with Crippen molar-refractivity contribution in [2.75, 3.05) is 13.6 Å². The molecule has 1 saturated carbocycles. The molecule has 0 radical (unpaired) electrons. The lowest BCUT2D eigenvalue weighted by atomic mass is 10.1. The highest BCUT2D eigenvalue weighted by Crippen LogP contribution is 2.44. The average molecular weight is 426 g/mol. The lowest BCUT2D eigenvalue weighted by molar-refractivity contribution is 0.604. The van der Waals surface area contributed by atoms with Crippen LogP contribution in [0.5, 0.6) is 0 Å². The Morgan fingerprint density at radius 3 is 2.76 bits per heavy atom. The van der Waals surface area contributed by atoms with Gasteiger partial charge in [0, 0.05) is 36.1 Å². The summed E-state index contributed by atoms with van der Waals surface area (Å²) in [7, 11) is 1.74. The highest BCUT2D eigenvalue weighted by molar-refractivity contribution is 14.0. The minimum atomic E-state index is -0.225. The van der Waals surface area contributed by atoms with Crippen LogP contribution < -0.4 is 10.6 Å². The normalized spacial score (nSPS) is 21.0. The van der Waals surface area contributed by atoms with E-state index < -0.39 is 0 Å². The Morgan fingerprint density at radius 2 is 2.19 bits per heavy atom. The Hall–Kier alpha value is -0.560. The van der Waals surface area contributed by atoms with Gasteiger partial charge in [-0.2, -0.15) is 0 Å². The van der Waals surface area contributed by atoms with E-state index in [4.69, 9.17) is 11.6 Å². The van der Waals surface area contributed by atoms with Gasteiger partial charge in [0.15, 0.2) is 5.96 Å². The van der Waals surface area contributed by atoms with Crippen LogP contribution in [0.2, 0.25) is 5.02 Å². The summed E-state index contributed by atoms with van der Waals surface area (Å²) in [4.78, 5) is 4.18. The van der Waals surface area contributed by atoms with Crippen molar-refractivity contribution in [1.29, 1.82) is 0 Å². The van der Waals surface area contributed by atoms with E-state index in [1.807, 2.05) is 0 Å². The first-order chi connectivity index (χ1) is 9.52. The molecular weight excluding hydrogens is 404 g/mol. The SMILES string of the molecule is CN=C(NCC(C)C)NC1CC1c1c(F)cccc1Cl.I. The van der Waals surface area contributed by atoms with Crippen LogP contribution in [0.25, 0.3) is 0 Å². The molecule has 0 bridgehead atoms. The highest BCUT2D eigenvalue weighted by atomic mass is 127. The molecule has 118 valence electrons. The minimum absolute atomic E-state index is 0. The molecule has 0 saturated heterocycles. The van der Waals surface area contributed by atoms with Gasteiger partial charge in [-0.15, -0.1) is 24.0 Å². The largest absolute Gasteiger partial charge is 0.356 e. The summed E-state index contributed by atoms with van der Waals surface area (Å²) in [5, 5.41) is 7.07. The lowest BCUT2D eigenvalue weighted by Crippen LogP contribution is -2.40. The van der Waals surface area contributed by atoms with Gasteiger partial charge >= 0.3 is 0 Å². The smallest absolute Gasteiger partial charge is 0.191 e. The number of aliphatic imine (C=N–C) groups is 1. The molecule has 1 aliphatic carbocycles. The van der Waals surface area contributed by atoms with Crippen molar-refractivity contribution in [3.63, 3.8) is 0 Å². The molecule has 0 spiro atoms. The van der Waals surface area contributed by atoms with Gasteiger partial charge in [-0.1, -0.05) is 31.5 Å². The van der Waals surface area contributed by atoms with Gasteiger partial charge in [-0.05, 0) is 24.5 Å². The van der Waals surface area contributed by atoms with Crippen molar-refractivity contribution >= 4 is 41.5 Å². The number of halogens is 3. The van der Waals surface area contributed by atoms with Gasteiger partial charge in [0.2, 0.25) is 0 Å². The van der Waals surface area contributed by atoms with Crippen LogP contribution in [0.1, 0.15) is 31.7 Å². The fourth-order valence-corrected chi connectivity index (χ4v) is 2.51. The molecule has 1 aromatic rings. The van der Waals surface area contributed by atoms with Crippen LogP contribution in [0.4, 0.5) is 4.39 Å². The Kier molecular flexibility index (Phi) is 7.20. The quantitative estimate of drug-likeness (QED) is 0.438. The third-order valence-electron chi connectivity index (χ3n) is 3.38. The van der Waals surface area contributed by atoms with Crippen LogP contribution >= 0.6 is 35.6 Å². The second kappa shape index (κ2) is 8.17. The Balaban J connectivity index is 0.00000220. The molecule has 6 heteroatoms. The maximum atomic E-state index is 13.8. The first-order valence-electron chi connectivity index (χ1n) is 6.94. The summed E-state index contributed by atoms with van der Waals surface area (Å²) in [5.41, 5.74) is 0.617. The van der Waals surface area contributed by atoms with Gasteiger partial charge in [0.25, 0.3) is 0 Å². The first kappa shape index (κ1) is 18.5. The van der Waals surface area contributed by atoms with Crippen molar-refractivity contribution in [3.8, 4) is 0 Å². The molecule has 0 aliphatic heterocycles. The van der Waals surface area contributed by atoms with E-state index in [0.29, 0.717) is 16.5 Å². The summed E-state index contributed by atoms with van der Waals surface area (Å²) < 4.78 is 13.8. The maximum Gasteiger partial charge on any atom is 0.191 e. The molecule has 1 aromatic carbocycles. The van der Waals surface area contributed by atoms with Crippen molar-refractivity contribution in [3.05, 3.63) is 34.6 Å². The molecule has 2 unspecified atom stereocenters. The molecular formula is C15H22ClFIN3. The van der Waals surface area contributed by atoms with Gasteiger partial charge in [-0.3, -0.25) is 4.99 Å². The second-order valence-corrected chi connectivity index (χ2v) is 5.98. The molecule has 2 N–H and O–H groups in total. The minimum Gasteiger partial charge on any atom is -0.356 e. The summed E-state index contributed by atoms with van der Waals surface area (Å²) in [6.07, 6.45) is 0.878. The van der Waals surface area contributed by atoms with E-state index in [1.165, 1.54) is 6.07 Å². The van der Waals surface area contributed by atoms with E-state index in [9.17, 15) is 4.39 Å². The second-order valence-electron chi connectivity index (χ2n) is 5.58. The number of guanidine groups is 1. The monoisotopic (exact) mass is 425 g/mol. The molecule has 2 rings (SSSR count). The summed E-state index contributed by atoms with van der Waals surface area (Å²) in [6, 6.07) is 5.03. The third kappa shape index (κ3) is 4.98. The van der Waals surface area contributed by atoms with E-state index in [1.54, 1.807) is 19.2 Å². The Bertz CT molecular complexity index is 487. The average Bonchev–Trinajstić information content (AvgIpc) is 3.13. The van der Waals surface area contributed by atoms with Gasteiger partial charge in [-0.25, -0.2) is 4.39 Å². The van der Waals surface area contributed by atoms with Crippen molar-refractivity contribution < 1.29 is 4.39 Å². The highest BCUT2D eigenvalue weighted by Gasteiger charge is 2.41. The van der Waals surface area contributed by atoms with Crippen molar-refractivity contribution in [2.24, 2.45) is 10.9 Å². The summed E-state index contributed by atoms with van der Waals surface area (Å²) in [5.74, 6) is 1.21. The molecule has 1 fully saturated rings. The molecule has 1 aliphatic rings. The zero-order chi connectivity index (χ0) is 14.7. The van der Waals surface area contributed by atoms with E-state index in [0.717, 1.165) is 18.9 Å². The number of rotatable bonds is 4.